The van der Waals surface area contributed by atoms with Gasteiger partial charge in [0, 0.05) is 44.4 Å². The van der Waals surface area contributed by atoms with E-state index in [-0.39, 0.29) is 18.2 Å². The lowest BCUT2D eigenvalue weighted by atomic mass is 10.0. The van der Waals surface area contributed by atoms with Crippen molar-refractivity contribution in [3.05, 3.63) is 47.3 Å². The molecule has 0 bridgehead atoms. The molecular weight excluding hydrogens is 347 g/mol. The number of nitrogens with zero attached hydrogens (tertiary/aromatic N) is 3. The second-order valence-electron chi connectivity index (χ2n) is 5.97. The molecule has 1 aromatic heterocycles. The van der Waals surface area contributed by atoms with Crippen LogP contribution in [0.1, 0.15) is 29.3 Å². The van der Waals surface area contributed by atoms with Crippen LogP contribution in [0.3, 0.4) is 0 Å². The molecule has 1 unspecified atom stereocenters. The Kier molecular flexibility index (Phi) is 5.06. The van der Waals surface area contributed by atoms with Crippen LogP contribution in [0.15, 0.2) is 35.5 Å². The third-order valence-electron chi connectivity index (χ3n) is 4.11. The van der Waals surface area contributed by atoms with E-state index in [1.165, 1.54) is 13.2 Å². The molecule has 0 fully saturated rings. The highest BCUT2D eigenvalue weighted by Crippen LogP contribution is 2.32. The maximum Gasteiger partial charge on any atom is 0.435 e. The molecule has 26 heavy (non-hydrogen) atoms. The van der Waals surface area contributed by atoms with Crippen LogP contribution in [0.25, 0.3) is 0 Å². The summed E-state index contributed by atoms with van der Waals surface area (Å²) >= 11 is 0. The van der Waals surface area contributed by atoms with Crippen molar-refractivity contribution in [2.75, 3.05) is 13.7 Å². The standard InChI is InChI=1S/C17H20F3N5O/c1-21-16(22-9-11-10-25(2)24-15(11)17(18,19)20)23-13-7-8-26-14-6-4-3-5-12(13)14/h3-6,10,13H,7-9H2,1-2H3,(H2,21,22,23). The van der Waals surface area contributed by atoms with E-state index in [4.69, 9.17) is 4.74 Å². The van der Waals surface area contributed by atoms with Crippen LogP contribution < -0.4 is 15.4 Å². The van der Waals surface area contributed by atoms with Crippen LogP contribution in [-0.2, 0) is 19.8 Å². The SMILES string of the molecule is CN=C(NCc1cn(C)nc1C(F)(F)F)NC1CCOc2ccccc21. The lowest BCUT2D eigenvalue weighted by Crippen LogP contribution is -2.40. The monoisotopic (exact) mass is 367 g/mol. The minimum atomic E-state index is -4.49. The molecule has 0 aliphatic carbocycles. The zero-order valence-electron chi connectivity index (χ0n) is 14.5. The molecule has 0 radical (unpaired) electrons. The van der Waals surface area contributed by atoms with Gasteiger partial charge in [0.15, 0.2) is 11.7 Å². The number of aliphatic imine (C=N–C) groups is 1. The number of nitrogens with one attached hydrogen (secondary N) is 2. The molecule has 140 valence electrons. The van der Waals surface area contributed by atoms with Gasteiger partial charge in [0.1, 0.15) is 5.75 Å². The summed E-state index contributed by atoms with van der Waals surface area (Å²) in [5.41, 5.74) is 0.175. The van der Waals surface area contributed by atoms with Crippen LogP contribution >= 0.6 is 0 Å². The van der Waals surface area contributed by atoms with Crippen molar-refractivity contribution >= 4 is 5.96 Å². The molecule has 1 aliphatic heterocycles. The number of fused-ring (bicyclic) bond motifs is 1. The second kappa shape index (κ2) is 7.27. The Morgan fingerprint density at radius 3 is 2.88 bits per heavy atom. The highest BCUT2D eigenvalue weighted by molar-refractivity contribution is 5.80. The number of hydrogen-bond donors (Lipinski definition) is 2. The summed E-state index contributed by atoms with van der Waals surface area (Å²) < 4.78 is 45.9. The first-order valence-corrected chi connectivity index (χ1v) is 8.17. The highest BCUT2D eigenvalue weighted by atomic mass is 19.4. The van der Waals surface area contributed by atoms with Crippen LogP contribution in [-0.4, -0.2) is 29.4 Å². The molecule has 2 N–H and O–H groups in total. The number of aryl methyl sites for hydroxylation is 1. The van der Waals surface area contributed by atoms with E-state index in [0.29, 0.717) is 12.6 Å². The summed E-state index contributed by atoms with van der Waals surface area (Å²) in [7, 11) is 3.04. The Morgan fingerprint density at radius 2 is 2.15 bits per heavy atom. The van der Waals surface area contributed by atoms with Gasteiger partial charge in [-0.25, -0.2) is 0 Å². The van der Waals surface area contributed by atoms with E-state index in [2.05, 4.69) is 20.7 Å². The lowest BCUT2D eigenvalue weighted by Gasteiger charge is -2.28. The van der Waals surface area contributed by atoms with Gasteiger partial charge in [0.2, 0.25) is 0 Å². The number of alkyl halides is 3. The number of para-hydroxylation sites is 1. The van der Waals surface area contributed by atoms with Crippen LogP contribution in [0.2, 0.25) is 0 Å². The van der Waals surface area contributed by atoms with Crippen LogP contribution in [0.5, 0.6) is 5.75 Å². The molecule has 9 heteroatoms. The summed E-state index contributed by atoms with van der Waals surface area (Å²) in [4.78, 5) is 4.11. The Labute approximate surface area is 149 Å². The number of benzene rings is 1. The molecular formula is C17H20F3N5O. The van der Waals surface area contributed by atoms with Crippen molar-refractivity contribution in [3.63, 3.8) is 0 Å². The van der Waals surface area contributed by atoms with Gasteiger partial charge in [-0.15, -0.1) is 0 Å². The fourth-order valence-electron chi connectivity index (χ4n) is 2.94. The first kappa shape index (κ1) is 18.1. The molecule has 3 rings (SSSR count). The Hall–Kier alpha value is -2.71. The van der Waals surface area contributed by atoms with Crippen molar-refractivity contribution in [2.24, 2.45) is 12.0 Å². The summed E-state index contributed by atoms with van der Waals surface area (Å²) in [5, 5.41) is 9.69. The molecule has 0 spiro atoms. The van der Waals surface area contributed by atoms with Gasteiger partial charge in [0.25, 0.3) is 0 Å². The number of rotatable bonds is 3. The van der Waals surface area contributed by atoms with Crippen molar-refractivity contribution in [3.8, 4) is 5.75 Å². The number of aromatic nitrogens is 2. The van der Waals surface area contributed by atoms with Gasteiger partial charge in [-0.2, -0.15) is 18.3 Å². The molecule has 0 saturated heterocycles. The van der Waals surface area contributed by atoms with E-state index in [1.54, 1.807) is 7.05 Å². The molecule has 2 aromatic rings. The van der Waals surface area contributed by atoms with Gasteiger partial charge < -0.3 is 15.4 Å². The van der Waals surface area contributed by atoms with Crippen LogP contribution in [0.4, 0.5) is 13.2 Å². The average Bonchev–Trinajstić information content (AvgIpc) is 3.00. The van der Waals surface area contributed by atoms with E-state index < -0.39 is 11.9 Å². The van der Waals surface area contributed by atoms with Gasteiger partial charge in [0.05, 0.1) is 12.6 Å². The smallest absolute Gasteiger partial charge is 0.435 e. The molecule has 6 nitrogen and oxygen atoms in total. The third-order valence-corrected chi connectivity index (χ3v) is 4.11. The average molecular weight is 367 g/mol. The minimum Gasteiger partial charge on any atom is -0.493 e. The van der Waals surface area contributed by atoms with Crippen LogP contribution in [0, 0.1) is 0 Å². The summed E-state index contributed by atoms with van der Waals surface area (Å²) in [5.74, 6) is 1.22. The first-order chi connectivity index (χ1) is 12.4. The summed E-state index contributed by atoms with van der Waals surface area (Å²) in [6.45, 7) is 0.528. The van der Waals surface area contributed by atoms with Gasteiger partial charge in [-0.05, 0) is 6.07 Å². The Balaban J connectivity index is 1.69. The molecule has 1 aliphatic rings. The van der Waals surface area contributed by atoms with E-state index >= 15 is 0 Å². The van der Waals surface area contributed by atoms with Crippen molar-refractivity contribution in [2.45, 2.75) is 25.2 Å². The quantitative estimate of drug-likeness (QED) is 0.647. The van der Waals surface area contributed by atoms with E-state index in [1.807, 2.05) is 24.3 Å². The predicted octanol–water partition coefficient (Wildman–Crippen LogP) is 2.63. The fraction of sp³-hybridized carbons (Fsp3) is 0.412. The van der Waals surface area contributed by atoms with E-state index in [9.17, 15) is 13.2 Å². The highest BCUT2D eigenvalue weighted by Gasteiger charge is 2.36. The maximum absolute atomic E-state index is 13.0. The Bertz CT molecular complexity index is 800. The fourth-order valence-corrected chi connectivity index (χ4v) is 2.94. The van der Waals surface area contributed by atoms with Gasteiger partial charge >= 0.3 is 6.18 Å². The van der Waals surface area contributed by atoms with Crippen molar-refractivity contribution in [1.29, 1.82) is 0 Å². The normalized spacial score (nSPS) is 17.4. The zero-order valence-corrected chi connectivity index (χ0v) is 14.5. The zero-order chi connectivity index (χ0) is 18.7. The molecule has 0 amide bonds. The van der Waals surface area contributed by atoms with Gasteiger partial charge in [-0.3, -0.25) is 9.67 Å². The topological polar surface area (TPSA) is 63.5 Å². The Morgan fingerprint density at radius 1 is 1.38 bits per heavy atom. The summed E-state index contributed by atoms with van der Waals surface area (Å²) in [6.07, 6.45) is -2.40. The molecule has 0 saturated carbocycles. The predicted molar refractivity (Wildman–Crippen MR) is 90.8 cm³/mol. The maximum atomic E-state index is 13.0. The van der Waals surface area contributed by atoms with E-state index in [0.717, 1.165) is 22.4 Å². The number of hydrogen-bond acceptors (Lipinski definition) is 3. The molecule has 2 heterocycles. The van der Waals surface area contributed by atoms with Crippen molar-refractivity contribution in [1.82, 2.24) is 20.4 Å². The molecule has 1 aromatic carbocycles. The second-order valence-corrected chi connectivity index (χ2v) is 5.97. The number of ether oxygens (including phenoxy) is 1. The summed E-state index contributed by atoms with van der Waals surface area (Å²) in [6, 6.07) is 7.65. The minimum absolute atomic E-state index is 0.0258. The lowest BCUT2D eigenvalue weighted by molar-refractivity contribution is -0.142. The van der Waals surface area contributed by atoms with Gasteiger partial charge in [-0.1, -0.05) is 18.2 Å². The third kappa shape index (κ3) is 3.92. The largest absolute Gasteiger partial charge is 0.493 e. The molecule has 1 atom stereocenters. The van der Waals surface area contributed by atoms with Crippen molar-refractivity contribution < 1.29 is 17.9 Å². The first-order valence-electron chi connectivity index (χ1n) is 8.17. The number of guanidine groups is 1. The number of halogens is 3.